The molecule has 2 amide bonds. The number of para-hydroxylation sites is 1. The number of thiophene rings is 1. The first kappa shape index (κ1) is 12.6. The summed E-state index contributed by atoms with van der Waals surface area (Å²) in [5.74, 6) is 0. The van der Waals surface area contributed by atoms with Gasteiger partial charge in [-0.1, -0.05) is 24.3 Å². The summed E-state index contributed by atoms with van der Waals surface area (Å²) in [5, 5.41) is 7.78. The zero-order chi connectivity index (χ0) is 13.0. The van der Waals surface area contributed by atoms with E-state index in [0.29, 0.717) is 0 Å². The Hall–Kier alpha value is -1.81. The van der Waals surface area contributed by atoms with Crippen LogP contribution in [-0.2, 0) is 0 Å². The highest BCUT2D eigenvalue weighted by Crippen LogP contribution is 2.18. The first-order chi connectivity index (χ1) is 8.66. The number of urea groups is 1. The number of hydrogen-bond acceptors (Lipinski definition) is 2. The zero-order valence-electron chi connectivity index (χ0n) is 10.4. The lowest BCUT2D eigenvalue weighted by Crippen LogP contribution is -2.30. The molecule has 18 heavy (non-hydrogen) atoms. The molecular formula is C14H16N2OS. The fraction of sp³-hybridized carbons (Fsp3) is 0.214. The summed E-state index contributed by atoms with van der Waals surface area (Å²) < 4.78 is 0. The Morgan fingerprint density at radius 2 is 2.00 bits per heavy atom. The Balaban J connectivity index is 1.95. The van der Waals surface area contributed by atoms with Crippen molar-refractivity contribution in [2.24, 2.45) is 0 Å². The van der Waals surface area contributed by atoms with Crippen LogP contribution in [0.3, 0.4) is 0 Å². The average Bonchev–Trinajstić information content (AvgIpc) is 2.85. The number of carbonyl (C=O) groups excluding carboxylic acids is 1. The number of rotatable bonds is 3. The number of benzene rings is 1. The van der Waals surface area contributed by atoms with Crippen molar-refractivity contribution in [3.05, 3.63) is 52.2 Å². The van der Waals surface area contributed by atoms with Gasteiger partial charge in [-0.25, -0.2) is 4.79 Å². The standard InChI is InChI=1S/C14H16N2OS/c1-10-6-3-4-7-12(10)16-14(17)15-11(2)13-8-5-9-18-13/h3-9,11H,1-2H3,(H2,15,16,17). The van der Waals surface area contributed by atoms with Gasteiger partial charge >= 0.3 is 6.03 Å². The topological polar surface area (TPSA) is 41.1 Å². The van der Waals surface area contributed by atoms with E-state index >= 15 is 0 Å². The summed E-state index contributed by atoms with van der Waals surface area (Å²) >= 11 is 1.64. The molecule has 0 bridgehead atoms. The molecule has 0 aliphatic rings. The van der Waals surface area contributed by atoms with Gasteiger partial charge in [0.05, 0.1) is 6.04 Å². The Morgan fingerprint density at radius 3 is 2.67 bits per heavy atom. The van der Waals surface area contributed by atoms with Crippen molar-refractivity contribution >= 4 is 23.1 Å². The molecule has 3 nitrogen and oxygen atoms in total. The Morgan fingerprint density at radius 1 is 1.22 bits per heavy atom. The van der Waals surface area contributed by atoms with Crippen LogP contribution in [0.15, 0.2) is 41.8 Å². The lowest BCUT2D eigenvalue weighted by molar-refractivity contribution is 0.249. The van der Waals surface area contributed by atoms with E-state index in [1.54, 1.807) is 11.3 Å². The summed E-state index contributed by atoms with van der Waals surface area (Å²) in [4.78, 5) is 13.0. The monoisotopic (exact) mass is 260 g/mol. The number of anilines is 1. The minimum Gasteiger partial charge on any atom is -0.331 e. The van der Waals surface area contributed by atoms with Crippen LogP contribution < -0.4 is 10.6 Å². The normalized spacial score (nSPS) is 11.9. The van der Waals surface area contributed by atoms with Crippen LogP contribution in [-0.4, -0.2) is 6.03 Å². The average molecular weight is 260 g/mol. The molecule has 2 aromatic rings. The number of aryl methyl sites for hydroxylation is 1. The van der Waals surface area contributed by atoms with Gasteiger partial charge in [0.1, 0.15) is 0 Å². The third-order valence-electron chi connectivity index (χ3n) is 2.71. The van der Waals surface area contributed by atoms with E-state index in [1.807, 2.05) is 55.6 Å². The van der Waals surface area contributed by atoms with Crippen LogP contribution in [0.1, 0.15) is 23.4 Å². The van der Waals surface area contributed by atoms with E-state index in [9.17, 15) is 4.79 Å². The Labute approximate surface area is 111 Å². The number of carbonyl (C=O) groups is 1. The van der Waals surface area contributed by atoms with Crippen molar-refractivity contribution in [1.82, 2.24) is 5.32 Å². The predicted octanol–water partition coefficient (Wildman–Crippen LogP) is 3.94. The SMILES string of the molecule is Cc1ccccc1NC(=O)NC(C)c1cccs1. The van der Waals surface area contributed by atoms with Gasteiger partial charge < -0.3 is 10.6 Å². The summed E-state index contributed by atoms with van der Waals surface area (Å²) in [7, 11) is 0. The maximum absolute atomic E-state index is 11.9. The van der Waals surface area contributed by atoms with Crippen LogP contribution in [0.5, 0.6) is 0 Å². The number of hydrogen-bond donors (Lipinski definition) is 2. The molecular weight excluding hydrogens is 244 g/mol. The van der Waals surface area contributed by atoms with Crippen LogP contribution >= 0.6 is 11.3 Å². The van der Waals surface area contributed by atoms with E-state index in [-0.39, 0.29) is 12.1 Å². The summed E-state index contributed by atoms with van der Waals surface area (Å²) in [5.41, 5.74) is 1.89. The third-order valence-corrected chi connectivity index (χ3v) is 3.77. The second-order valence-corrected chi connectivity index (χ2v) is 5.13. The van der Waals surface area contributed by atoms with Gasteiger partial charge in [0.15, 0.2) is 0 Å². The summed E-state index contributed by atoms with van der Waals surface area (Å²) in [6.07, 6.45) is 0. The molecule has 0 aliphatic carbocycles. The molecule has 0 radical (unpaired) electrons. The molecule has 0 aliphatic heterocycles. The fourth-order valence-corrected chi connectivity index (χ4v) is 2.41. The van der Waals surface area contributed by atoms with Crippen molar-refractivity contribution in [2.45, 2.75) is 19.9 Å². The largest absolute Gasteiger partial charge is 0.331 e. The lowest BCUT2D eigenvalue weighted by Gasteiger charge is -2.14. The van der Waals surface area contributed by atoms with Gasteiger partial charge in [0.2, 0.25) is 0 Å². The highest BCUT2D eigenvalue weighted by Gasteiger charge is 2.10. The fourth-order valence-electron chi connectivity index (χ4n) is 1.68. The Bertz CT molecular complexity index is 522. The first-order valence-corrected chi connectivity index (χ1v) is 6.71. The van der Waals surface area contributed by atoms with E-state index in [1.165, 1.54) is 0 Å². The molecule has 0 spiro atoms. The van der Waals surface area contributed by atoms with Crippen molar-refractivity contribution in [3.8, 4) is 0 Å². The molecule has 1 atom stereocenters. The van der Waals surface area contributed by atoms with Gasteiger partial charge in [-0.3, -0.25) is 0 Å². The molecule has 94 valence electrons. The summed E-state index contributed by atoms with van der Waals surface area (Å²) in [6.45, 7) is 3.95. The van der Waals surface area contributed by atoms with Crippen LogP contribution in [0.4, 0.5) is 10.5 Å². The molecule has 0 saturated carbocycles. The van der Waals surface area contributed by atoms with Crippen molar-refractivity contribution < 1.29 is 4.79 Å². The minimum absolute atomic E-state index is 0.0222. The quantitative estimate of drug-likeness (QED) is 0.862. The van der Waals surface area contributed by atoms with E-state index in [4.69, 9.17) is 0 Å². The maximum atomic E-state index is 11.9. The van der Waals surface area contributed by atoms with E-state index in [2.05, 4.69) is 10.6 Å². The third kappa shape index (κ3) is 3.11. The van der Waals surface area contributed by atoms with Crippen molar-refractivity contribution in [1.29, 1.82) is 0 Å². The van der Waals surface area contributed by atoms with E-state index in [0.717, 1.165) is 16.1 Å². The predicted molar refractivity (Wildman–Crippen MR) is 76.1 cm³/mol. The molecule has 1 heterocycles. The second kappa shape index (κ2) is 5.69. The Kier molecular flexibility index (Phi) is 3.99. The lowest BCUT2D eigenvalue weighted by atomic mass is 10.2. The highest BCUT2D eigenvalue weighted by molar-refractivity contribution is 7.10. The number of nitrogens with one attached hydrogen (secondary N) is 2. The maximum Gasteiger partial charge on any atom is 0.319 e. The van der Waals surface area contributed by atoms with Gasteiger partial charge in [0, 0.05) is 10.6 Å². The molecule has 1 aromatic carbocycles. The minimum atomic E-state index is -0.176. The first-order valence-electron chi connectivity index (χ1n) is 5.83. The van der Waals surface area contributed by atoms with E-state index < -0.39 is 0 Å². The van der Waals surface area contributed by atoms with Crippen LogP contribution in [0.2, 0.25) is 0 Å². The number of amides is 2. The molecule has 0 saturated heterocycles. The highest BCUT2D eigenvalue weighted by atomic mass is 32.1. The molecule has 0 fully saturated rings. The van der Waals surface area contributed by atoms with Crippen molar-refractivity contribution in [2.75, 3.05) is 5.32 Å². The zero-order valence-corrected chi connectivity index (χ0v) is 11.3. The molecule has 4 heteroatoms. The van der Waals surface area contributed by atoms with Gasteiger partial charge in [-0.2, -0.15) is 0 Å². The van der Waals surface area contributed by atoms with Crippen LogP contribution in [0, 0.1) is 6.92 Å². The molecule has 2 N–H and O–H groups in total. The second-order valence-electron chi connectivity index (χ2n) is 4.15. The van der Waals surface area contributed by atoms with Gasteiger partial charge in [0.25, 0.3) is 0 Å². The molecule has 2 rings (SSSR count). The molecule has 1 aromatic heterocycles. The molecule has 1 unspecified atom stereocenters. The smallest absolute Gasteiger partial charge is 0.319 e. The van der Waals surface area contributed by atoms with Gasteiger partial charge in [-0.15, -0.1) is 11.3 Å². The van der Waals surface area contributed by atoms with Crippen molar-refractivity contribution in [3.63, 3.8) is 0 Å². The van der Waals surface area contributed by atoms with Crippen LogP contribution in [0.25, 0.3) is 0 Å². The van der Waals surface area contributed by atoms with Gasteiger partial charge in [-0.05, 0) is 36.9 Å². The summed E-state index contributed by atoms with van der Waals surface area (Å²) in [6, 6.07) is 11.6.